The minimum Gasteiger partial charge on any atom is -0.493 e. The summed E-state index contributed by atoms with van der Waals surface area (Å²) in [6.45, 7) is 1.65. The molecule has 0 bridgehead atoms. The van der Waals surface area contributed by atoms with E-state index in [1.807, 2.05) is 49.4 Å². The molecule has 36 heavy (non-hydrogen) atoms. The number of para-hydroxylation sites is 2. The van der Waals surface area contributed by atoms with Crippen LogP contribution in [0.15, 0.2) is 78.9 Å². The van der Waals surface area contributed by atoms with E-state index in [9.17, 15) is 14.4 Å². The Morgan fingerprint density at radius 1 is 0.972 bits per heavy atom. The average Bonchev–Trinajstić information content (AvgIpc) is 3.30. The number of hydrogen-bond acceptors (Lipinski definition) is 6. The second-order valence-corrected chi connectivity index (χ2v) is 8.46. The maximum atomic E-state index is 12.6. The third-order valence-corrected chi connectivity index (χ3v) is 5.93. The van der Waals surface area contributed by atoms with Crippen molar-refractivity contribution < 1.29 is 28.6 Å². The summed E-state index contributed by atoms with van der Waals surface area (Å²) in [7, 11) is 1.57. The van der Waals surface area contributed by atoms with Crippen molar-refractivity contribution in [2.24, 2.45) is 5.92 Å². The van der Waals surface area contributed by atoms with Gasteiger partial charge in [-0.3, -0.25) is 14.4 Å². The first-order valence-corrected chi connectivity index (χ1v) is 11.7. The van der Waals surface area contributed by atoms with E-state index in [1.54, 1.807) is 43.5 Å². The highest BCUT2D eigenvalue weighted by Crippen LogP contribution is 2.33. The van der Waals surface area contributed by atoms with E-state index in [-0.39, 0.29) is 24.9 Å². The van der Waals surface area contributed by atoms with Gasteiger partial charge in [0.05, 0.1) is 19.1 Å². The van der Waals surface area contributed by atoms with Gasteiger partial charge in [0.15, 0.2) is 18.1 Å². The van der Waals surface area contributed by atoms with Crippen LogP contribution in [-0.4, -0.2) is 38.0 Å². The summed E-state index contributed by atoms with van der Waals surface area (Å²) in [6, 6.07) is 23.6. The van der Waals surface area contributed by atoms with Crippen LogP contribution >= 0.6 is 0 Å². The predicted molar refractivity (Wildman–Crippen MR) is 134 cm³/mol. The van der Waals surface area contributed by atoms with Gasteiger partial charge in [-0.15, -0.1) is 0 Å². The molecule has 2 atom stereocenters. The molecule has 1 heterocycles. The number of rotatable bonds is 9. The van der Waals surface area contributed by atoms with Crippen LogP contribution in [-0.2, 0) is 19.1 Å². The van der Waals surface area contributed by atoms with E-state index in [4.69, 9.17) is 14.2 Å². The molecule has 0 radical (unpaired) electrons. The van der Waals surface area contributed by atoms with Crippen molar-refractivity contribution in [1.29, 1.82) is 0 Å². The first-order chi connectivity index (χ1) is 17.4. The van der Waals surface area contributed by atoms with E-state index in [1.165, 1.54) is 4.90 Å². The highest BCUT2D eigenvalue weighted by Gasteiger charge is 2.36. The molecule has 3 aromatic carbocycles. The molecule has 2 amide bonds. The number of carbonyl (C=O) groups is 3. The first kappa shape index (κ1) is 24.8. The molecule has 1 aliphatic rings. The van der Waals surface area contributed by atoms with E-state index in [2.05, 4.69) is 5.32 Å². The first-order valence-electron chi connectivity index (χ1n) is 11.7. The van der Waals surface area contributed by atoms with Crippen molar-refractivity contribution in [3.8, 4) is 17.2 Å². The van der Waals surface area contributed by atoms with Gasteiger partial charge in [0.25, 0.3) is 5.91 Å². The summed E-state index contributed by atoms with van der Waals surface area (Å²) in [5, 5.41) is 2.80. The molecular formula is C28H28N2O6. The van der Waals surface area contributed by atoms with Gasteiger partial charge in [0.2, 0.25) is 5.91 Å². The zero-order chi connectivity index (χ0) is 25.5. The summed E-state index contributed by atoms with van der Waals surface area (Å²) >= 11 is 0. The molecule has 3 aromatic rings. The Morgan fingerprint density at radius 2 is 1.64 bits per heavy atom. The summed E-state index contributed by atoms with van der Waals surface area (Å²) in [6.07, 6.45) is 0.0281. The number of benzene rings is 3. The number of amides is 2. The van der Waals surface area contributed by atoms with Crippen LogP contribution in [0.25, 0.3) is 0 Å². The second-order valence-electron chi connectivity index (χ2n) is 8.46. The fourth-order valence-corrected chi connectivity index (χ4v) is 4.00. The number of ether oxygens (including phenoxy) is 3. The summed E-state index contributed by atoms with van der Waals surface area (Å²) in [5.41, 5.74) is 1.60. The van der Waals surface area contributed by atoms with Gasteiger partial charge < -0.3 is 24.4 Å². The third kappa shape index (κ3) is 6.02. The Kier molecular flexibility index (Phi) is 7.85. The molecule has 8 nitrogen and oxygen atoms in total. The minimum atomic E-state index is -0.638. The van der Waals surface area contributed by atoms with E-state index >= 15 is 0 Å². The zero-order valence-electron chi connectivity index (χ0n) is 20.2. The van der Waals surface area contributed by atoms with Crippen molar-refractivity contribution in [1.82, 2.24) is 5.32 Å². The number of anilines is 1. The summed E-state index contributed by atoms with van der Waals surface area (Å²) in [5.74, 6) is -0.00711. The van der Waals surface area contributed by atoms with Crippen molar-refractivity contribution in [3.05, 3.63) is 84.4 Å². The number of hydrogen-bond donors (Lipinski definition) is 1. The summed E-state index contributed by atoms with van der Waals surface area (Å²) < 4.78 is 16.4. The Hall–Kier alpha value is -4.33. The Labute approximate surface area is 209 Å². The molecule has 0 spiro atoms. The lowest BCUT2D eigenvalue weighted by Gasteiger charge is -2.17. The molecular weight excluding hydrogens is 460 g/mol. The molecule has 8 heteroatoms. The lowest BCUT2D eigenvalue weighted by molar-refractivity contribution is -0.152. The number of methoxy groups -OCH3 is 1. The fraction of sp³-hybridized carbons (Fsp3) is 0.250. The fourth-order valence-electron chi connectivity index (χ4n) is 4.00. The highest BCUT2D eigenvalue weighted by atomic mass is 16.5. The van der Waals surface area contributed by atoms with Gasteiger partial charge in [0, 0.05) is 18.7 Å². The second kappa shape index (κ2) is 11.4. The molecule has 1 aliphatic heterocycles. The van der Waals surface area contributed by atoms with Gasteiger partial charge in [-0.25, -0.2) is 0 Å². The zero-order valence-corrected chi connectivity index (χ0v) is 20.2. The van der Waals surface area contributed by atoms with E-state index in [0.717, 1.165) is 5.56 Å². The Balaban J connectivity index is 1.29. The van der Waals surface area contributed by atoms with Gasteiger partial charge in [-0.1, -0.05) is 42.5 Å². The van der Waals surface area contributed by atoms with E-state index < -0.39 is 24.4 Å². The number of nitrogens with zero attached hydrogens (tertiary/aromatic N) is 1. The molecule has 0 aromatic heterocycles. The summed E-state index contributed by atoms with van der Waals surface area (Å²) in [4.78, 5) is 38.9. The normalized spacial score (nSPS) is 15.8. The quantitative estimate of drug-likeness (QED) is 0.453. The van der Waals surface area contributed by atoms with Crippen molar-refractivity contribution in [3.63, 3.8) is 0 Å². The van der Waals surface area contributed by atoms with Crippen LogP contribution in [0.1, 0.15) is 24.9 Å². The number of esters is 1. The lowest BCUT2D eigenvalue weighted by Crippen LogP contribution is -2.32. The lowest BCUT2D eigenvalue weighted by atomic mass is 10.1. The Bertz CT molecular complexity index is 1210. The predicted octanol–water partition coefficient (Wildman–Crippen LogP) is 4.26. The number of nitrogens with one attached hydrogen (secondary N) is 1. The van der Waals surface area contributed by atoms with Gasteiger partial charge >= 0.3 is 5.97 Å². The Morgan fingerprint density at radius 3 is 2.33 bits per heavy atom. The average molecular weight is 489 g/mol. The maximum Gasteiger partial charge on any atom is 0.311 e. The van der Waals surface area contributed by atoms with Crippen molar-refractivity contribution in [2.75, 3.05) is 25.2 Å². The molecule has 1 saturated heterocycles. The molecule has 0 saturated carbocycles. The van der Waals surface area contributed by atoms with E-state index in [0.29, 0.717) is 22.9 Å². The molecule has 0 unspecified atom stereocenters. The molecule has 1 N–H and O–H groups in total. The standard InChI is InChI=1S/C28H28N2O6/c1-19(20-8-4-3-5-9-20)29-26(31)18-35-28(33)21-16-27(32)30(17-21)22-12-14-23(15-13-22)36-25-11-7-6-10-24(25)34-2/h3-15,19,21H,16-18H2,1-2H3,(H,29,31)/t19-,21+/m1/s1. The van der Waals surface area contributed by atoms with Crippen LogP contribution in [0.5, 0.6) is 17.2 Å². The van der Waals surface area contributed by atoms with Crippen LogP contribution in [0.2, 0.25) is 0 Å². The number of carbonyl (C=O) groups excluding carboxylic acids is 3. The monoisotopic (exact) mass is 488 g/mol. The minimum absolute atomic E-state index is 0.0281. The van der Waals surface area contributed by atoms with Crippen LogP contribution in [0.3, 0.4) is 0 Å². The van der Waals surface area contributed by atoms with Crippen LogP contribution in [0.4, 0.5) is 5.69 Å². The van der Waals surface area contributed by atoms with Crippen molar-refractivity contribution >= 4 is 23.5 Å². The molecule has 1 fully saturated rings. The maximum absolute atomic E-state index is 12.6. The highest BCUT2D eigenvalue weighted by molar-refractivity contribution is 5.99. The van der Waals surface area contributed by atoms with Crippen LogP contribution in [0, 0.1) is 5.92 Å². The van der Waals surface area contributed by atoms with Crippen molar-refractivity contribution in [2.45, 2.75) is 19.4 Å². The molecule has 0 aliphatic carbocycles. The molecule has 4 rings (SSSR count). The molecule has 186 valence electrons. The smallest absolute Gasteiger partial charge is 0.311 e. The van der Waals surface area contributed by atoms with Gasteiger partial charge in [0.1, 0.15) is 5.75 Å². The third-order valence-electron chi connectivity index (χ3n) is 5.93. The topological polar surface area (TPSA) is 94.2 Å². The van der Waals surface area contributed by atoms with Gasteiger partial charge in [-0.05, 0) is 48.9 Å². The SMILES string of the molecule is COc1ccccc1Oc1ccc(N2C[C@@H](C(=O)OCC(=O)N[C@H](C)c3ccccc3)CC2=O)cc1. The largest absolute Gasteiger partial charge is 0.493 e. The van der Waals surface area contributed by atoms with Crippen LogP contribution < -0.4 is 19.7 Å². The van der Waals surface area contributed by atoms with Gasteiger partial charge in [-0.2, -0.15) is 0 Å².